The van der Waals surface area contributed by atoms with Crippen LogP contribution in [-0.2, 0) is 6.42 Å². The molecule has 0 amide bonds. The largest absolute Gasteiger partial charge is 0.419 e. The van der Waals surface area contributed by atoms with Crippen molar-refractivity contribution < 1.29 is 19.1 Å². The second-order valence-corrected chi connectivity index (χ2v) is 9.37. The first kappa shape index (κ1) is 24.5. The zero-order chi connectivity index (χ0) is 25.6. The lowest BCUT2D eigenvalue weighted by Gasteiger charge is -2.24. The molecule has 0 heterocycles. The van der Waals surface area contributed by atoms with Crippen LogP contribution in [0.1, 0.15) is 70.4 Å². The van der Waals surface area contributed by atoms with Crippen molar-refractivity contribution in [1.82, 2.24) is 0 Å². The van der Waals surface area contributed by atoms with E-state index in [0.717, 1.165) is 35.1 Å². The quantitative estimate of drug-likeness (QED) is 0.194. The maximum Gasteiger partial charge on any atom is 0.343 e. The molecule has 4 heteroatoms. The molecule has 186 valence electrons. The SMILES string of the molecule is CCc1cc(C2CCCC2)c(-c2ccccc2)c(OC(=O)c2ccccc2)c1OC(=O)c1ccccc1. The fraction of sp³-hybridized carbons (Fsp3) is 0.212. The summed E-state index contributed by atoms with van der Waals surface area (Å²) in [6.07, 6.45) is 5.13. The number of carbonyl (C=O) groups is 2. The van der Waals surface area contributed by atoms with E-state index in [1.165, 1.54) is 12.8 Å². The number of benzene rings is 4. The van der Waals surface area contributed by atoms with Gasteiger partial charge in [-0.3, -0.25) is 0 Å². The number of carbonyl (C=O) groups excluding carboxylic acids is 2. The second kappa shape index (κ2) is 11.3. The van der Waals surface area contributed by atoms with Gasteiger partial charge in [0.1, 0.15) is 0 Å². The summed E-state index contributed by atoms with van der Waals surface area (Å²) in [5.74, 6) is 0.000677. The Kier molecular flexibility index (Phi) is 7.46. The van der Waals surface area contributed by atoms with Crippen LogP contribution in [0.5, 0.6) is 11.5 Å². The van der Waals surface area contributed by atoms with Gasteiger partial charge in [-0.15, -0.1) is 0 Å². The third kappa shape index (κ3) is 5.34. The summed E-state index contributed by atoms with van der Waals surface area (Å²) in [4.78, 5) is 26.6. The van der Waals surface area contributed by atoms with Gasteiger partial charge in [-0.05, 0) is 66.1 Å². The molecule has 0 aromatic heterocycles. The molecule has 1 aliphatic rings. The van der Waals surface area contributed by atoms with E-state index in [-0.39, 0.29) is 0 Å². The molecule has 4 nitrogen and oxygen atoms in total. The maximum absolute atomic E-state index is 13.4. The van der Waals surface area contributed by atoms with Crippen molar-refractivity contribution in [3.63, 3.8) is 0 Å². The molecule has 0 bridgehead atoms. The summed E-state index contributed by atoms with van der Waals surface area (Å²) >= 11 is 0. The first-order valence-electron chi connectivity index (χ1n) is 12.9. The van der Waals surface area contributed by atoms with Crippen LogP contribution in [0.25, 0.3) is 11.1 Å². The van der Waals surface area contributed by atoms with Crippen LogP contribution in [0.4, 0.5) is 0 Å². The lowest BCUT2D eigenvalue weighted by Crippen LogP contribution is -2.16. The smallest absolute Gasteiger partial charge is 0.343 e. The normalized spacial score (nSPS) is 13.3. The Morgan fingerprint density at radius 3 is 1.70 bits per heavy atom. The van der Waals surface area contributed by atoms with E-state index in [2.05, 4.69) is 6.07 Å². The fourth-order valence-electron chi connectivity index (χ4n) is 5.10. The minimum absolute atomic E-state index is 0.307. The molecule has 0 saturated heterocycles. The molecular formula is C33H30O4. The highest BCUT2D eigenvalue weighted by Crippen LogP contribution is 2.49. The van der Waals surface area contributed by atoms with Crippen LogP contribution in [0.15, 0.2) is 97.1 Å². The number of esters is 2. The van der Waals surface area contributed by atoms with Gasteiger partial charge >= 0.3 is 11.9 Å². The summed E-state index contributed by atoms with van der Waals surface area (Å²) in [7, 11) is 0. The Hall–Kier alpha value is -4.18. The van der Waals surface area contributed by atoms with E-state index >= 15 is 0 Å². The van der Waals surface area contributed by atoms with Crippen LogP contribution in [0, 0.1) is 0 Å². The van der Waals surface area contributed by atoms with Crippen molar-refractivity contribution in [2.75, 3.05) is 0 Å². The van der Waals surface area contributed by atoms with Gasteiger partial charge in [-0.2, -0.15) is 0 Å². The average molecular weight is 491 g/mol. The van der Waals surface area contributed by atoms with Crippen molar-refractivity contribution in [3.05, 3.63) is 119 Å². The average Bonchev–Trinajstić information content (AvgIpc) is 3.50. The van der Waals surface area contributed by atoms with Gasteiger partial charge in [-0.1, -0.05) is 92.6 Å². The van der Waals surface area contributed by atoms with Crippen molar-refractivity contribution in [3.8, 4) is 22.6 Å². The van der Waals surface area contributed by atoms with Crippen LogP contribution in [0.2, 0.25) is 0 Å². The molecule has 4 aromatic carbocycles. The number of hydrogen-bond acceptors (Lipinski definition) is 4. The van der Waals surface area contributed by atoms with E-state index in [4.69, 9.17) is 9.47 Å². The first-order chi connectivity index (χ1) is 18.2. The van der Waals surface area contributed by atoms with Crippen molar-refractivity contribution in [1.29, 1.82) is 0 Å². The molecule has 0 spiro atoms. The van der Waals surface area contributed by atoms with Crippen molar-refractivity contribution >= 4 is 11.9 Å². The molecule has 1 aliphatic carbocycles. The van der Waals surface area contributed by atoms with E-state index in [9.17, 15) is 9.59 Å². The number of ether oxygens (including phenoxy) is 2. The standard InChI is InChI=1S/C33H30O4/c1-2-23-22-28(24-14-12-13-15-24)29(25-16-6-3-7-17-25)31(37-33(35)27-20-10-5-11-21-27)30(23)36-32(34)26-18-8-4-9-19-26/h3-11,16-22,24H,2,12-15H2,1H3. The minimum atomic E-state index is -0.486. The monoisotopic (exact) mass is 490 g/mol. The van der Waals surface area contributed by atoms with Crippen molar-refractivity contribution in [2.45, 2.75) is 44.9 Å². The van der Waals surface area contributed by atoms with Crippen LogP contribution in [0.3, 0.4) is 0 Å². The Bertz CT molecular complexity index is 1370. The Balaban J connectivity index is 1.72. The maximum atomic E-state index is 13.4. The van der Waals surface area contributed by atoms with Gasteiger partial charge in [-0.25, -0.2) is 9.59 Å². The molecule has 0 atom stereocenters. The fourth-order valence-corrected chi connectivity index (χ4v) is 5.10. The topological polar surface area (TPSA) is 52.6 Å². The Morgan fingerprint density at radius 1 is 0.703 bits per heavy atom. The lowest BCUT2D eigenvalue weighted by molar-refractivity contribution is 0.0681. The third-order valence-corrected chi connectivity index (χ3v) is 6.99. The first-order valence-corrected chi connectivity index (χ1v) is 12.9. The number of hydrogen-bond donors (Lipinski definition) is 0. The predicted octanol–water partition coefficient (Wildman–Crippen LogP) is 8.01. The van der Waals surface area contributed by atoms with Gasteiger partial charge in [0.2, 0.25) is 0 Å². The highest BCUT2D eigenvalue weighted by molar-refractivity contribution is 5.95. The zero-order valence-electron chi connectivity index (χ0n) is 21.0. The van der Waals surface area contributed by atoms with Crippen LogP contribution < -0.4 is 9.47 Å². The highest BCUT2D eigenvalue weighted by Gasteiger charge is 2.30. The summed E-state index contributed by atoms with van der Waals surface area (Å²) < 4.78 is 12.2. The predicted molar refractivity (Wildman–Crippen MR) is 145 cm³/mol. The van der Waals surface area contributed by atoms with Gasteiger partial charge < -0.3 is 9.47 Å². The van der Waals surface area contributed by atoms with Crippen LogP contribution >= 0.6 is 0 Å². The molecule has 1 saturated carbocycles. The lowest BCUT2D eigenvalue weighted by atomic mass is 9.86. The molecule has 0 N–H and O–H groups in total. The molecule has 0 radical (unpaired) electrons. The number of aryl methyl sites for hydroxylation is 1. The summed E-state index contributed by atoms with van der Waals surface area (Å²) in [5, 5.41) is 0. The molecule has 0 unspecified atom stereocenters. The molecule has 1 fully saturated rings. The van der Waals surface area contributed by atoms with Gasteiger partial charge in [0.25, 0.3) is 0 Å². The van der Waals surface area contributed by atoms with Gasteiger partial charge in [0, 0.05) is 5.56 Å². The summed E-state index contributed by atoms with van der Waals surface area (Å²) in [6.45, 7) is 2.03. The van der Waals surface area contributed by atoms with E-state index < -0.39 is 11.9 Å². The Morgan fingerprint density at radius 2 is 1.19 bits per heavy atom. The zero-order valence-corrected chi connectivity index (χ0v) is 21.0. The van der Waals surface area contributed by atoms with E-state index in [1.807, 2.05) is 49.4 Å². The third-order valence-electron chi connectivity index (χ3n) is 6.99. The molecule has 4 aromatic rings. The summed E-state index contributed by atoms with van der Waals surface area (Å²) in [5.41, 5.74) is 4.62. The highest BCUT2D eigenvalue weighted by atomic mass is 16.6. The second-order valence-electron chi connectivity index (χ2n) is 9.37. The summed E-state index contributed by atoms with van der Waals surface area (Å²) in [6, 6.07) is 29.9. The van der Waals surface area contributed by atoms with Crippen LogP contribution in [-0.4, -0.2) is 11.9 Å². The molecule has 5 rings (SSSR count). The van der Waals surface area contributed by atoms with E-state index in [1.54, 1.807) is 48.5 Å². The minimum Gasteiger partial charge on any atom is -0.419 e. The Labute approximate surface area is 217 Å². The molecular weight excluding hydrogens is 460 g/mol. The van der Waals surface area contributed by atoms with E-state index in [0.29, 0.717) is 35.0 Å². The number of rotatable bonds is 7. The van der Waals surface area contributed by atoms with Crippen molar-refractivity contribution in [2.24, 2.45) is 0 Å². The molecule has 37 heavy (non-hydrogen) atoms. The van der Waals surface area contributed by atoms with Gasteiger partial charge in [0.05, 0.1) is 11.1 Å². The molecule has 0 aliphatic heterocycles. The van der Waals surface area contributed by atoms with Gasteiger partial charge in [0.15, 0.2) is 11.5 Å².